The summed E-state index contributed by atoms with van der Waals surface area (Å²) in [5.74, 6) is -0.182. The van der Waals surface area contributed by atoms with E-state index in [1.54, 1.807) is 0 Å². The molecule has 0 unspecified atom stereocenters. The molecule has 1 heterocycles. The number of rotatable bonds is 4. The maximum atomic E-state index is 10.0. The van der Waals surface area contributed by atoms with Crippen LogP contribution in [0.1, 0.15) is 31.4 Å². The van der Waals surface area contributed by atoms with Gasteiger partial charge in [0.2, 0.25) is 0 Å². The van der Waals surface area contributed by atoms with E-state index in [-0.39, 0.29) is 48.1 Å². The maximum Gasteiger partial charge on any atom is 0.127 e. The highest BCUT2D eigenvalue weighted by Gasteiger charge is 2.26. The van der Waals surface area contributed by atoms with Gasteiger partial charge < -0.3 is 20.6 Å². The summed E-state index contributed by atoms with van der Waals surface area (Å²) in [6.07, 6.45) is 1.83. The number of phenolic OH excluding ortho intramolecular Hbond substituents is 3. The van der Waals surface area contributed by atoms with E-state index in [2.05, 4.69) is 17.1 Å². The number of halogens is 2. The lowest BCUT2D eigenvalue weighted by Crippen LogP contribution is -2.45. The number of nitrogens with one attached hydrogen (secondary N) is 1. The summed E-state index contributed by atoms with van der Waals surface area (Å²) in [7, 11) is 0. The van der Waals surface area contributed by atoms with Crippen LogP contribution in [0.25, 0.3) is 0 Å². The van der Waals surface area contributed by atoms with E-state index in [4.69, 9.17) is 0 Å². The molecule has 4 N–H and O–H groups in total. The number of hydrogen-bond donors (Lipinski definition) is 4. The van der Waals surface area contributed by atoms with Gasteiger partial charge in [0, 0.05) is 44.4 Å². The summed E-state index contributed by atoms with van der Waals surface area (Å²) in [6, 6.07) is 2.58. The molecule has 1 saturated heterocycles. The van der Waals surface area contributed by atoms with Crippen molar-refractivity contribution in [3.63, 3.8) is 0 Å². The van der Waals surface area contributed by atoms with E-state index in [1.165, 1.54) is 12.1 Å². The van der Waals surface area contributed by atoms with Crippen molar-refractivity contribution in [2.75, 3.05) is 26.2 Å². The second-order valence-electron chi connectivity index (χ2n) is 4.99. The molecular formula is C14H24Cl2N2O3. The van der Waals surface area contributed by atoms with Crippen LogP contribution < -0.4 is 5.32 Å². The van der Waals surface area contributed by atoms with Crippen molar-refractivity contribution < 1.29 is 15.3 Å². The van der Waals surface area contributed by atoms with Crippen molar-refractivity contribution in [1.82, 2.24) is 10.2 Å². The molecule has 1 aliphatic rings. The van der Waals surface area contributed by atoms with E-state index < -0.39 is 0 Å². The molecule has 0 aromatic heterocycles. The first-order valence-corrected chi connectivity index (χ1v) is 6.83. The second kappa shape index (κ2) is 9.20. The quantitative estimate of drug-likeness (QED) is 0.678. The Hall–Kier alpha value is -0.880. The van der Waals surface area contributed by atoms with Gasteiger partial charge in [-0.3, -0.25) is 4.90 Å². The smallest absolute Gasteiger partial charge is 0.127 e. The van der Waals surface area contributed by atoms with Crippen molar-refractivity contribution in [2.45, 2.75) is 25.8 Å². The minimum atomic E-state index is -0.116. The fraction of sp³-hybridized carbons (Fsp3) is 0.571. The minimum absolute atomic E-state index is 0. The van der Waals surface area contributed by atoms with Crippen LogP contribution in [0, 0.1) is 0 Å². The zero-order valence-corrected chi connectivity index (χ0v) is 13.7. The molecule has 21 heavy (non-hydrogen) atoms. The standard InChI is InChI=1S/C14H22N2O3.2ClH/c1-2-3-11(16-6-4-15-5-7-16)14-12(18)8-10(17)9-13(14)19;;/h8-9,11,15,17-19H,2-7H2,1H3;2*1H/t11-;;/m0../s1. The molecule has 0 amide bonds. The Morgan fingerprint density at radius 1 is 1.10 bits per heavy atom. The number of piperazine rings is 1. The Kier molecular flexibility index (Phi) is 8.82. The topological polar surface area (TPSA) is 76.0 Å². The minimum Gasteiger partial charge on any atom is -0.508 e. The van der Waals surface area contributed by atoms with Gasteiger partial charge in [-0.05, 0) is 6.42 Å². The van der Waals surface area contributed by atoms with Gasteiger partial charge in [-0.15, -0.1) is 24.8 Å². The van der Waals surface area contributed by atoms with E-state index >= 15 is 0 Å². The fourth-order valence-corrected chi connectivity index (χ4v) is 2.73. The van der Waals surface area contributed by atoms with Crippen molar-refractivity contribution in [3.05, 3.63) is 17.7 Å². The van der Waals surface area contributed by atoms with E-state index in [9.17, 15) is 15.3 Å². The summed E-state index contributed by atoms with van der Waals surface area (Å²) in [5, 5.41) is 32.8. The molecule has 0 radical (unpaired) electrons. The first-order chi connectivity index (χ1) is 9.13. The maximum absolute atomic E-state index is 10.0. The molecule has 7 heteroatoms. The molecule has 1 aliphatic heterocycles. The normalized spacial score (nSPS) is 16.6. The van der Waals surface area contributed by atoms with Gasteiger partial charge in [0.25, 0.3) is 0 Å². The Morgan fingerprint density at radius 3 is 2.10 bits per heavy atom. The summed E-state index contributed by atoms with van der Waals surface area (Å²) in [5.41, 5.74) is 0.529. The largest absolute Gasteiger partial charge is 0.508 e. The molecule has 1 aromatic rings. The second-order valence-corrected chi connectivity index (χ2v) is 4.99. The number of hydrogen-bond acceptors (Lipinski definition) is 5. The lowest BCUT2D eigenvalue weighted by atomic mass is 9.97. The Bertz CT molecular complexity index is 417. The molecular weight excluding hydrogens is 315 g/mol. The lowest BCUT2D eigenvalue weighted by molar-refractivity contribution is 0.159. The van der Waals surface area contributed by atoms with Gasteiger partial charge >= 0.3 is 0 Å². The van der Waals surface area contributed by atoms with Crippen molar-refractivity contribution >= 4 is 24.8 Å². The van der Waals surface area contributed by atoms with Gasteiger partial charge in [0.15, 0.2) is 0 Å². The third kappa shape index (κ3) is 4.81. The summed E-state index contributed by atoms with van der Waals surface area (Å²) in [4.78, 5) is 2.27. The molecule has 1 atom stereocenters. The van der Waals surface area contributed by atoms with Crippen LogP contribution in [0.2, 0.25) is 0 Å². The van der Waals surface area contributed by atoms with Crippen molar-refractivity contribution in [2.24, 2.45) is 0 Å². The molecule has 2 rings (SSSR count). The molecule has 0 spiro atoms. The number of aromatic hydroxyl groups is 3. The van der Waals surface area contributed by atoms with Gasteiger partial charge in [0.05, 0.1) is 5.56 Å². The molecule has 1 fully saturated rings. The number of nitrogens with zero attached hydrogens (tertiary/aromatic N) is 1. The summed E-state index contributed by atoms with van der Waals surface area (Å²) in [6.45, 7) is 5.71. The van der Waals surface area contributed by atoms with Crippen LogP contribution in [0.3, 0.4) is 0 Å². The summed E-state index contributed by atoms with van der Waals surface area (Å²) >= 11 is 0. The number of phenols is 3. The Morgan fingerprint density at radius 2 is 1.62 bits per heavy atom. The SMILES string of the molecule is CCC[C@@H](c1c(O)cc(O)cc1O)N1CCNCC1.Cl.Cl. The van der Waals surface area contributed by atoms with Crippen LogP contribution in [0.15, 0.2) is 12.1 Å². The van der Waals surface area contributed by atoms with Gasteiger partial charge in [-0.1, -0.05) is 13.3 Å². The number of benzene rings is 1. The van der Waals surface area contributed by atoms with Crippen molar-refractivity contribution in [3.8, 4) is 17.2 Å². The predicted molar refractivity (Wildman–Crippen MR) is 88.0 cm³/mol. The zero-order chi connectivity index (χ0) is 13.8. The third-order valence-corrected chi connectivity index (χ3v) is 3.61. The highest BCUT2D eigenvalue weighted by atomic mass is 35.5. The fourth-order valence-electron chi connectivity index (χ4n) is 2.73. The highest BCUT2D eigenvalue weighted by Crippen LogP contribution is 2.40. The van der Waals surface area contributed by atoms with Gasteiger partial charge in [-0.2, -0.15) is 0 Å². The van der Waals surface area contributed by atoms with E-state index in [0.717, 1.165) is 39.0 Å². The molecule has 5 nitrogen and oxygen atoms in total. The van der Waals surface area contributed by atoms with Gasteiger partial charge in [0.1, 0.15) is 17.2 Å². The predicted octanol–water partition coefficient (Wildman–Crippen LogP) is 2.39. The Balaban J connectivity index is 0.00000200. The molecule has 0 bridgehead atoms. The molecule has 0 aliphatic carbocycles. The van der Waals surface area contributed by atoms with Crippen LogP contribution in [0.4, 0.5) is 0 Å². The van der Waals surface area contributed by atoms with E-state index in [1.807, 2.05) is 0 Å². The first kappa shape index (κ1) is 20.1. The zero-order valence-electron chi connectivity index (χ0n) is 12.1. The lowest BCUT2D eigenvalue weighted by Gasteiger charge is -2.35. The average Bonchev–Trinajstić information content (AvgIpc) is 2.37. The first-order valence-electron chi connectivity index (χ1n) is 6.83. The molecule has 0 saturated carbocycles. The van der Waals surface area contributed by atoms with Gasteiger partial charge in [-0.25, -0.2) is 0 Å². The summed E-state index contributed by atoms with van der Waals surface area (Å²) < 4.78 is 0. The molecule has 122 valence electrons. The van der Waals surface area contributed by atoms with Crippen LogP contribution >= 0.6 is 24.8 Å². The Labute approximate surface area is 137 Å². The molecule has 1 aromatic carbocycles. The highest BCUT2D eigenvalue weighted by molar-refractivity contribution is 5.85. The van der Waals surface area contributed by atoms with Crippen LogP contribution in [0.5, 0.6) is 17.2 Å². The average molecular weight is 339 g/mol. The third-order valence-electron chi connectivity index (χ3n) is 3.61. The van der Waals surface area contributed by atoms with Crippen LogP contribution in [-0.2, 0) is 0 Å². The monoisotopic (exact) mass is 338 g/mol. The van der Waals surface area contributed by atoms with E-state index in [0.29, 0.717) is 5.56 Å². The van der Waals surface area contributed by atoms with Crippen molar-refractivity contribution in [1.29, 1.82) is 0 Å². The van der Waals surface area contributed by atoms with Crippen LogP contribution in [-0.4, -0.2) is 46.4 Å².